The lowest BCUT2D eigenvalue weighted by Crippen LogP contribution is -2.42. The Hall–Kier alpha value is -2.21. The van der Waals surface area contributed by atoms with E-state index in [1.165, 1.54) is 0 Å². The maximum Gasteiger partial charge on any atom is 0.310 e. The van der Waals surface area contributed by atoms with Gasteiger partial charge in [-0.25, -0.2) is 4.98 Å². The molecule has 1 aliphatic heterocycles. The van der Waals surface area contributed by atoms with Gasteiger partial charge in [0.25, 0.3) is 0 Å². The number of rotatable bonds is 6. The van der Waals surface area contributed by atoms with Gasteiger partial charge in [0.05, 0.1) is 23.2 Å². The van der Waals surface area contributed by atoms with Gasteiger partial charge in [-0.15, -0.1) is 11.3 Å². The second kappa shape index (κ2) is 8.94. The fourth-order valence-corrected chi connectivity index (χ4v) is 4.00. The third-order valence-electron chi connectivity index (χ3n) is 4.57. The molecule has 0 spiro atoms. The standard InChI is InChI=1S/C20H24N2O3S/c1-2-25-20(24)16-9-6-12-22(13-16)19(23)11-10-18-21-17(14-26-18)15-7-4-3-5-8-15/h3-5,7-8,14,16H,2,6,9-13H2,1H3. The van der Waals surface area contributed by atoms with Crippen molar-refractivity contribution in [1.82, 2.24) is 9.88 Å². The summed E-state index contributed by atoms with van der Waals surface area (Å²) in [5.41, 5.74) is 2.05. The van der Waals surface area contributed by atoms with E-state index in [1.807, 2.05) is 35.7 Å². The molecule has 26 heavy (non-hydrogen) atoms. The topological polar surface area (TPSA) is 59.5 Å². The number of aryl methyl sites for hydroxylation is 1. The average molecular weight is 372 g/mol. The molecule has 1 aliphatic rings. The van der Waals surface area contributed by atoms with E-state index in [9.17, 15) is 9.59 Å². The first-order valence-corrected chi connectivity index (χ1v) is 9.99. The van der Waals surface area contributed by atoms with Gasteiger partial charge in [0, 0.05) is 36.9 Å². The van der Waals surface area contributed by atoms with E-state index in [4.69, 9.17) is 4.74 Å². The molecule has 0 radical (unpaired) electrons. The number of likely N-dealkylation sites (tertiary alicyclic amines) is 1. The molecule has 3 rings (SSSR count). The summed E-state index contributed by atoms with van der Waals surface area (Å²) >= 11 is 1.59. The number of esters is 1. The van der Waals surface area contributed by atoms with Crippen LogP contribution in [-0.2, 0) is 20.7 Å². The van der Waals surface area contributed by atoms with Crippen LogP contribution in [0.3, 0.4) is 0 Å². The molecule has 0 saturated carbocycles. The number of thiazole rings is 1. The lowest BCUT2D eigenvalue weighted by Gasteiger charge is -2.31. The van der Waals surface area contributed by atoms with Gasteiger partial charge in [-0.1, -0.05) is 30.3 Å². The second-order valence-corrected chi connectivity index (χ2v) is 7.37. The summed E-state index contributed by atoms with van der Waals surface area (Å²) in [4.78, 5) is 30.9. The Balaban J connectivity index is 1.52. The highest BCUT2D eigenvalue weighted by Crippen LogP contribution is 2.23. The number of hydrogen-bond donors (Lipinski definition) is 0. The molecule has 1 saturated heterocycles. The summed E-state index contributed by atoms with van der Waals surface area (Å²) in [6.07, 6.45) is 2.72. The van der Waals surface area contributed by atoms with Gasteiger partial charge in [0.15, 0.2) is 0 Å². The predicted octanol–water partition coefficient (Wildman–Crippen LogP) is 3.54. The smallest absolute Gasteiger partial charge is 0.310 e. The minimum atomic E-state index is -0.183. The molecule has 0 bridgehead atoms. The summed E-state index contributed by atoms with van der Waals surface area (Å²) in [6, 6.07) is 10.0. The van der Waals surface area contributed by atoms with Crippen LogP contribution in [0.5, 0.6) is 0 Å². The number of amides is 1. The summed E-state index contributed by atoms with van der Waals surface area (Å²) in [5, 5.41) is 3.00. The lowest BCUT2D eigenvalue weighted by atomic mass is 9.98. The van der Waals surface area contributed by atoms with E-state index in [0.717, 1.165) is 35.7 Å². The van der Waals surface area contributed by atoms with Crippen LogP contribution in [0.2, 0.25) is 0 Å². The van der Waals surface area contributed by atoms with E-state index in [2.05, 4.69) is 4.98 Å². The number of benzene rings is 1. The second-order valence-electron chi connectivity index (χ2n) is 6.42. The van der Waals surface area contributed by atoms with E-state index in [0.29, 0.717) is 26.0 Å². The number of aromatic nitrogens is 1. The van der Waals surface area contributed by atoms with Crippen molar-refractivity contribution in [3.63, 3.8) is 0 Å². The first kappa shape index (κ1) is 18.6. The number of piperidine rings is 1. The van der Waals surface area contributed by atoms with E-state index in [1.54, 1.807) is 23.2 Å². The van der Waals surface area contributed by atoms with Gasteiger partial charge in [-0.2, -0.15) is 0 Å². The van der Waals surface area contributed by atoms with Crippen LogP contribution in [0.15, 0.2) is 35.7 Å². The zero-order chi connectivity index (χ0) is 18.4. The predicted molar refractivity (Wildman–Crippen MR) is 102 cm³/mol. The van der Waals surface area contributed by atoms with Crippen LogP contribution in [0.1, 0.15) is 31.2 Å². The first-order valence-electron chi connectivity index (χ1n) is 9.11. The maximum atomic E-state index is 12.5. The molecule has 2 aromatic rings. The Morgan fingerprint density at radius 2 is 2.12 bits per heavy atom. The van der Waals surface area contributed by atoms with Crippen molar-refractivity contribution in [3.8, 4) is 11.3 Å². The first-order chi connectivity index (χ1) is 12.7. The van der Waals surface area contributed by atoms with Crippen molar-refractivity contribution >= 4 is 23.2 Å². The molecule has 1 atom stereocenters. The van der Waals surface area contributed by atoms with Gasteiger partial charge in [-0.3, -0.25) is 9.59 Å². The highest BCUT2D eigenvalue weighted by Gasteiger charge is 2.29. The Morgan fingerprint density at radius 3 is 2.88 bits per heavy atom. The Morgan fingerprint density at radius 1 is 1.31 bits per heavy atom. The van der Waals surface area contributed by atoms with Crippen molar-refractivity contribution in [2.75, 3.05) is 19.7 Å². The van der Waals surface area contributed by atoms with Crippen LogP contribution < -0.4 is 0 Å². The molecular weight excluding hydrogens is 348 g/mol. The van der Waals surface area contributed by atoms with E-state index < -0.39 is 0 Å². The fourth-order valence-electron chi connectivity index (χ4n) is 3.20. The highest BCUT2D eigenvalue weighted by atomic mass is 32.1. The summed E-state index contributed by atoms with van der Waals surface area (Å²) in [7, 11) is 0. The zero-order valence-corrected chi connectivity index (χ0v) is 15.8. The van der Waals surface area contributed by atoms with Crippen LogP contribution in [0.4, 0.5) is 0 Å². The molecule has 1 aromatic carbocycles. The van der Waals surface area contributed by atoms with Gasteiger partial charge >= 0.3 is 5.97 Å². The summed E-state index contributed by atoms with van der Waals surface area (Å²) < 4.78 is 5.10. The molecule has 1 fully saturated rings. The van der Waals surface area contributed by atoms with Crippen LogP contribution in [0, 0.1) is 5.92 Å². The third kappa shape index (κ3) is 4.69. The monoisotopic (exact) mass is 372 g/mol. The SMILES string of the molecule is CCOC(=O)C1CCCN(C(=O)CCc2nc(-c3ccccc3)cs2)C1. The Labute approximate surface area is 158 Å². The maximum absolute atomic E-state index is 12.5. The van der Waals surface area contributed by atoms with Gasteiger partial charge in [0.1, 0.15) is 0 Å². The number of carbonyl (C=O) groups excluding carboxylic acids is 2. The quantitative estimate of drug-likeness (QED) is 0.728. The molecular formula is C20H24N2O3S. The Kier molecular flexibility index (Phi) is 6.39. The molecule has 1 amide bonds. The number of ether oxygens (including phenoxy) is 1. The van der Waals surface area contributed by atoms with Gasteiger partial charge < -0.3 is 9.64 Å². The Bertz CT molecular complexity index is 745. The molecule has 0 N–H and O–H groups in total. The minimum Gasteiger partial charge on any atom is -0.466 e. The van der Waals surface area contributed by atoms with Crippen molar-refractivity contribution in [2.24, 2.45) is 5.92 Å². The number of hydrogen-bond acceptors (Lipinski definition) is 5. The summed E-state index contributed by atoms with van der Waals surface area (Å²) in [6.45, 7) is 3.39. The van der Waals surface area contributed by atoms with Crippen molar-refractivity contribution in [3.05, 3.63) is 40.7 Å². The normalized spacial score (nSPS) is 17.1. The fraction of sp³-hybridized carbons (Fsp3) is 0.450. The third-order valence-corrected chi connectivity index (χ3v) is 5.48. The van der Waals surface area contributed by atoms with Crippen LogP contribution in [-0.4, -0.2) is 41.5 Å². The summed E-state index contributed by atoms with van der Waals surface area (Å²) in [5.74, 6) is -0.273. The molecule has 1 aromatic heterocycles. The molecule has 6 heteroatoms. The van der Waals surface area contributed by atoms with Crippen molar-refractivity contribution < 1.29 is 14.3 Å². The number of nitrogens with zero attached hydrogens (tertiary/aromatic N) is 2. The van der Waals surface area contributed by atoms with E-state index in [-0.39, 0.29) is 17.8 Å². The van der Waals surface area contributed by atoms with Crippen LogP contribution >= 0.6 is 11.3 Å². The molecule has 2 heterocycles. The van der Waals surface area contributed by atoms with E-state index >= 15 is 0 Å². The van der Waals surface area contributed by atoms with Gasteiger partial charge in [-0.05, 0) is 19.8 Å². The largest absolute Gasteiger partial charge is 0.466 e. The minimum absolute atomic E-state index is 0.0930. The highest BCUT2D eigenvalue weighted by molar-refractivity contribution is 7.09. The van der Waals surface area contributed by atoms with Crippen molar-refractivity contribution in [1.29, 1.82) is 0 Å². The molecule has 138 valence electrons. The number of carbonyl (C=O) groups is 2. The lowest BCUT2D eigenvalue weighted by molar-refractivity contribution is -0.151. The van der Waals surface area contributed by atoms with Gasteiger partial charge in [0.2, 0.25) is 5.91 Å². The van der Waals surface area contributed by atoms with Crippen molar-refractivity contribution in [2.45, 2.75) is 32.6 Å². The molecule has 1 unspecified atom stereocenters. The van der Waals surface area contributed by atoms with Crippen LogP contribution in [0.25, 0.3) is 11.3 Å². The average Bonchev–Trinajstić information content (AvgIpc) is 3.16. The zero-order valence-electron chi connectivity index (χ0n) is 15.0. The molecule has 5 nitrogen and oxygen atoms in total. The molecule has 0 aliphatic carbocycles.